The molecular weight excluding hydrogens is 245 g/mol. The van der Waals surface area contributed by atoms with Gasteiger partial charge in [-0.1, -0.05) is 0 Å². The summed E-state index contributed by atoms with van der Waals surface area (Å²) < 4.78 is 44.0. The molecule has 2 aromatic rings. The van der Waals surface area contributed by atoms with Crippen molar-refractivity contribution in [3.63, 3.8) is 0 Å². The standard InChI is InChI=1S/C13H9F3O2/c1-18-8-2-3-12(17)9(6-8)7-4-10(14)13(16)11(15)5-7/h2-6,17H,1H3. The third-order valence-electron chi connectivity index (χ3n) is 2.50. The van der Waals surface area contributed by atoms with Crippen molar-refractivity contribution in [1.29, 1.82) is 0 Å². The van der Waals surface area contributed by atoms with Crippen LogP contribution in [0.5, 0.6) is 11.5 Å². The van der Waals surface area contributed by atoms with Gasteiger partial charge in [0.2, 0.25) is 0 Å². The van der Waals surface area contributed by atoms with Gasteiger partial charge in [0.1, 0.15) is 11.5 Å². The summed E-state index contributed by atoms with van der Waals surface area (Å²) in [5.74, 6) is -3.94. The highest BCUT2D eigenvalue weighted by Crippen LogP contribution is 2.33. The second-order valence-electron chi connectivity index (χ2n) is 3.64. The first-order valence-corrected chi connectivity index (χ1v) is 5.05. The van der Waals surface area contributed by atoms with E-state index < -0.39 is 17.5 Å². The molecule has 5 heteroatoms. The van der Waals surface area contributed by atoms with Crippen LogP contribution in [-0.2, 0) is 0 Å². The molecule has 0 aliphatic rings. The molecule has 0 bridgehead atoms. The second-order valence-corrected chi connectivity index (χ2v) is 3.64. The number of phenols is 1. The molecule has 2 rings (SSSR count). The van der Waals surface area contributed by atoms with Gasteiger partial charge in [-0.25, -0.2) is 13.2 Å². The van der Waals surface area contributed by atoms with Crippen LogP contribution in [0, 0.1) is 17.5 Å². The van der Waals surface area contributed by atoms with Crippen molar-refractivity contribution in [2.24, 2.45) is 0 Å². The largest absolute Gasteiger partial charge is 0.507 e. The minimum atomic E-state index is -1.54. The predicted molar refractivity (Wildman–Crippen MR) is 60.0 cm³/mol. The summed E-state index contributed by atoms with van der Waals surface area (Å²) in [7, 11) is 1.42. The number of phenolic OH excluding ortho intramolecular Hbond substituents is 1. The lowest BCUT2D eigenvalue weighted by Crippen LogP contribution is -1.92. The molecule has 0 saturated carbocycles. The Morgan fingerprint density at radius 2 is 1.61 bits per heavy atom. The van der Waals surface area contributed by atoms with Gasteiger partial charge in [-0.05, 0) is 35.9 Å². The molecular formula is C13H9F3O2. The van der Waals surface area contributed by atoms with E-state index in [0.717, 1.165) is 12.1 Å². The Balaban J connectivity index is 2.61. The summed E-state index contributed by atoms with van der Waals surface area (Å²) in [6, 6.07) is 5.85. The molecule has 18 heavy (non-hydrogen) atoms. The third kappa shape index (κ3) is 2.11. The summed E-state index contributed by atoms with van der Waals surface area (Å²) in [5, 5.41) is 9.64. The van der Waals surface area contributed by atoms with Gasteiger partial charge in [0.25, 0.3) is 0 Å². The molecule has 94 valence electrons. The van der Waals surface area contributed by atoms with Crippen LogP contribution in [0.15, 0.2) is 30.3 Å². The number of hydrogen-bond donors (Lipinski definition) is 1. The number of rotatable bonds is 2. The molecule has 0 aromatic heterocycles. The summed E-state index contributed by atoms with van der Waals surface area (Å²) in [5.41, 5.74) is 0.190. The molecule has 0 heterocycles. The van der Waals surface area contributed by atoms with Gasteiger partial charge in [0, 0.05) is 5.56 Å². The third-order valence-corrected chi connectivity index (χ3v) is 2.50. The van der Waals surface area contributed by atoms with E-state index in [1.165, 1.54) is 25.3 Å². The van der Waals surface area contributed by atoms with Gasteiger partial charge in [-0.3, -0.25) is 0 Å². The summed E-state index contributed by atoms with van der Waals surface area (Å²) >= 11 is 0. The summed E-state index contributed by atoms with van der Waals surface area (Å²) in [6.45, 7) is 0. The number of benzene rings is 2. The smallest absolute Gasteiger partial charge is 0.194 e. The number of halogens is 3. The fourth-order valence-corrected chi connectivity index (χ4v) is 1.58. The molecule has 1 N–H and O–H groups in total. The van der Waals surface area contributed by atoms with Crippen molar-refractivity contribution < 1.29 is 23.0 Å². The van der Waals surface area contributed by atoms with Gasteiger partial charge >= 0.3 is 0 Å². The molecule has 2 nitrogen and oxygen atoms in total. The Kier molecular flexibility index (Phi) is 3.14. The maximum atomic E-state index is 13.1. The first kappa shape index (κ1) is 12.3. The van der Waals surface area contributed by atoms with Crippen LogP contribution < -0.4 is 4.74 Å². The SMILES string of the molecule is COc1ccc(O)c(-c2cc(F)c(F)c(F)c2)c1. The molecule has 0 aliphatic heterocycles. The van der Waals surface area contributed by atoms with E-state index in [-0.39, 0.29) is 16.9 Å². The van der Waals surface area contributed by atoms with Crippen LogP contribution in [0.4, 0.5) is 13.2 Å². The monoisotopic (exact) mass is 254 g/mol. The highest BCUT2D eigenvalue weighted by atomic mass is 19.2. The molecule has 0 aliphatic carbocycles. The van der Waals surface area contributed by atoms with Crippen molar-refractivity contribution in [3.05, 3.63) is 47.8 Å². The van der Waals surface area contributed by atoms with E-state index in [1.807, 2.05) is 0 Å². The average Bonchev–Trinajstić information content (AvgIpc) is 2.36. The van der Waals surface area contributed by atoms with E-state index in [9.17, 15) is 18.3 Å². The minimum absolute atomic E-state index is 0.0304. The molecule has 0 saturated heterocycles. The lowest BCUT2D eigenvalue weighted by molar-refractivity contribution is 0.412. The van der Waals surface area contributed by atoms with Gasteiger partial charge in [0.15, 0.2) is 17.5 Å². The van der Waals surface area contributed by atoms with Gasteiger partial charge in [-0.2, -0.15) is 0 Å². The number of hydrogen-bond acceptors (Lipinski definition) is 2. The molecule has 0 unspecified atom stereocenters. The summed E-state index contributed by atoms with van der Waals surface area (Å²) in [6.07, 6.45) is 0. The van der Waals surface area contributed by atoms with E-state index in [4.69, 9.17) is 4.74 Å². The quantitative estimate of drug-likeness (QED) is 0.831. The molecule has 0 spiro atoms. The van der Waals surface area contributed by atoms with Crippen molar-refractivity contribution >= 4 is 0 Å². The zero-order valence-corrected chi connectivity index (χ0v) is 9.38. The average molecular weight is 254 g/mol. The van der Waals surface area contributed by atoms with Crippen LogP contribution in [0.25, 0.3) is 11.1 Å². The Morgan fingerprint density at radius 3 is 2.17 bits per heavy atom. The Labute approximate surface area is 101 Å². The normalized spacial score (nSPS) is 10.4. The van der Waals surface area contributed by atoms with Gasteiger partial charge in [-0.15, -0.1) is 0 Å². The van der Waals surface area contributed by atoms with Crippen LogP contribution in [0.3, 0.4) is 0 Å². The molecule has 2 aromatic carbocycles. The zero-order chi connectivity index (χ0) is 13.3. The van der Waals surface area contributed by atoms with Crippen LogP contribution in [0.1, 0.15) is 0 Å². The molecule has 0 radical (unpaired) electrons. The minimum Gasteiger partial charge on any atom is -0.507 e. The Bertz CT molecular complexity index is 574. The number of ether oxygens (including phenoxy) is 1. The first-order chi connectivity index (χ1) is 8.52. The van der Waals surface area contributed by atoms with Crippen LogP contribution in [0.2, 0.25) is 0 Å². The molecule has 0 atom stereocenters. The molecule has 0 amide bonds. The first-order valence-electron chi connectivity index (χ1n) is 5.05. The van der Waals surface area contributed by atoms with E-state index in [0.29, 0.717) is 5.75 Å². The van der Waals surface area contributed by atoms with Crippen LogP contribution >= 0.6 is 0 Å². The van der Waals surface area contributed by atoms with Crippen molar-refractivity contribution in [1.82, 2.24) is 0 Å². The van der Waals surface area contributed by atoms with Crippen molar-refractivity contribution in [2.45, 2.75) is 0 Å². The van der Waals surface area contributed by atoms with Crippen molar-refractivity contribution in [2.75, 3.05) is 7.11 Å². The predicted octanol–water partition coefficient (Wildman–Crippen LogP) is 3.49. The number of aromatic hydroxyl groups is 1. The highest BCUT2D eigenvalue weighted by molar-refractivity contribution is 5.71. The van der Waals surface area contributed by atoms with E-state index in [2.05, 4.69) is 0 Å². The fraction of sp³-hybridized carbons (Fsp3) is 0.0769. The molecule has 0 fully saturated rings. The maximum Gasteiger partial charge on any atom is 0.194 e. The zero-order valence-electron chi connectivity index (χ0n) is 9.38. The van der Waals surface area contributed by atoms with Crippen molar-refractivity contribution in [3.8, 4) is 22.6 Å². The fourth-order valence-electron chi connectivity index (χ4n) is 1.58. The van der Waals surface area contributed by atoms with E-state index >= 15 is 0 Å². The maximum absolute atomic E-state index is 13.1. The highest BCUT2D eigenvalue weighted by Gasteiger charge is 2.14. The topological polar surface area (TPSA) is 29.5 Å². The van der Waals surface area contributed by atoms with E-state index in [1.54, 1.807) is 0 Å². The van der Waals surface area contributed by atoms with Gasteiger partial charge in [0.05, 0.1) is 7.11 Å². The Morgan fingerprint density at radius 1 is 1.00 bits per heavy atom. The second kappa shape index (κ2) is 4.60. The lowest BCUT2D eigenvalue weighted by Gasteiger charge is -2.08. The summed E-state index contributed by atoms with van der Waals surface area (Å²) in [4.78, 5) is 0. The number of methoxy groups -OCH3 is 1. The van der Waals surface area contributed by atoms with Gasteiger partial charge < -0.3 is 9.84 Å². The van der Waals surface area contributed by atoms with Crippen LogP contribution in [-0.4, -0.2) is 12.2 Å². The Hall–Kier alpha value is -2.17. The lowest BCUT2D eigenvalue weighted by atomic mass is 10.0.